The molecule has 1 saturated heterocycles. The molecule has 2 amide bonds. The third kappa shape index (κ3) is 2.68. The molecule has 0 spiro atoms. The number of hydrogen-bond acceptors (Lipinski definition) is 3. The molecule has 1 aromatic carbocycles. The van der Waals surface area contributed by atoms with Crippen molar-refractivity contribution in [3.05, 3.63) is 24.3 Å². The van der Waals surface area contributed by atoms with Crippen molar-refractivity contribution in [2.45, 2.75) is 43.7 Å². The Morgan fingerprint density at radius 1 is 1.30 bits per heavy atom. The maximum Gasteiger partial charge on any atom is 0.250 e. The molecule has 0 bridgehead atoms. The molecule has 108 valence electrons. The SMILES string of the molecule is CCCC1NC(=O)C(C)N(c2ccccc2SC)C1=O. The van der Waals surface area contributed by atoms with E-state index in [1.54, 1.807) is 23.6 Å². The van der Waals surface area contributed by atoms with Crippen molar-refractivity contribution in [3.63, 3.8) is 0 Å². The van der Waals surface area contributed by atoms with Crippen LogP contribution < -0.4 is 10.2 Å². The molecule has 0 aliphatic carbocycles. The summed E-state index contributed by atoms with van der Waals surface area (Å²) in [5.74, 6) is -0.0978. The summed E-state index contributed by atoms with van der Waals surface area (Å²) in [7, 11) is 0. The van der Waals surface area contributed by atoms with Crippen LogP contribution in [0.25, 0.3) is 0 Å². The normalized spacial score (nSPS) is 22.9. The van der Waals surface area contributed by atoms with Crippen molar-refractivity contribution >= 4 is 29.3 Å². The third-order valence-electron chi connectivity index (χ3n) is 3.54. The lowest BCUT2D eigenvalue weighted by Crippen LogP contribution is -2.62. The van der Waals surface area contributed by atoms with Gasteiger partial charge in [-0.25, -0.2) is 0 Å². The molecule has 1 aliphatic rings. The number of nitrogens with zero attached hydrogens (tertiary/aromatic N) is 1. The number of thioether (sulfide) groups is 1. The highest BCUT2D eigenvalue weighted by atomic mass is 32.2. The topological polar surface area (TPSA) is 49.4 Å². The lowest BCUT2D eigenvalue weighted by Gasteiger charge is -2.38. The Labute approximate surface area is 123 Å². The molecule has 1 aliphatic heterocycles. The standard InChI is InChI=1S/C15H20N2O2S/c1-4-7-11-15(19)17(10(2)14(18)16-11)12-8-5-6-9-13(12)20-3/h5-6,8-11H,4,7H2,1-3H3,(H,16,18). The fourth-order valence-electron chi connectivity index (χ4n) is 2.47. The first-order valence-corrected chi connectivity index (χ1v) is 8.09. The Bertz CT molecular complexity index is 518. The zero-order chi connectivity index (χ0) is 14.7. The zero-order valence-electron chi connectivity index (χ0n) is 12.1. The van der Waals surface area contributed by atoms with Gasteiger partial charge in [-0.05, 0) is 31.7 Å². The van der Waals surface area contributed by atoms with Crippen molar-refractivity contribution in [2.75, 3.05) is 11.2 Å². The predicted molar refractivity (Wildman–Crippen MR) is 82.0 cm³/mol. The summed E-state index contributed by atoms with van der Waals surface area (Å²) in [5.41, 5.74) is 0.827. The van der Waals surface area contributed by atoms with Gasteiger partial charge in [-0.2, -0.15) is 0 Å². The smallest absolute Gasteiger partial charge is 0.250 e. The first kappa shape index (κ1) is 14.9. The number of para-hydroxylation sites is 1. The quantitative estimate of drug-likeness (QED) is 0.867. The van der Waals surface area contributed by atoms with Crippen molar-refractivity contribution in [3.8, 4) is 0 Å². The van der Waals surface area contributed by atoms with Gasteiger partial charge in [0.2, 0.25) is 11.8 Å². The maximum atomic E-state index is 12.6. The van der Waals surface area contributed by atoms with E-state index < -0.39 is 12.1 Å². The van der Waals surface area contributed by atoms with Crippen LogP contribution in [0.5, 0.6) is 0 Å². The van der Waals surface area contributed by atoms with E-state index in [4.69, 9.17) is 0 Å². The van der Waals surface area contributed by atoms with E-state index in [2.05, 4.69) is 5.32 Å². The summed E-state index contributed by atoms with van der Waals surface area (Å²) in [6, 6.07) is 6.85. The average Bonchev–Trinajstić information content (AvgIpc) is 2.46. The first-order valence-electron chi connectivity index (χ1n) is 6.86. The second-order valence-corrected chi connectivity index (χ2v) is 5.75. The number of anilines is 1. The van der Waals surface area contributed by atoms with Gasteiger partial charge in [0.15, 0.2) is 0 Å². The van der Waals surface area contributed by atoms with Crippen molar-refractivity contribution < 1.29 is 9.59 Å². The number of carbonyl (C=O) groups excluding carboxylic acids is 2. The number of piperazine rings is 1. The van der Waals surface area contributed by atoms with Crippen LogP contribution in [0.4, 0.5) is 5.69 Å². The summed E-state index contributed by atoms with van der Waals surface area (Å²) >= 11 is 1.58. The second kappa shape index (κ2) is 6.31. The lowest BCUT2D eigenvalue weighted by atomic mass is 10.0. The molecule has 20 heavy (non-hydrogen) atoms. The molecule has 1 aromatic rings. The van der Waals surface area contributed by atoms with E-state index in [9.17, 15) is 9.59 Å². The molecular formula is C15H20N2O2S. The van der Waals surface area contributed by atoms with Crippen LogP contribution in [-0.4, -0.2) is 30.2 Å². The largest absolute Gasteiger partial charge is 0.342 e. The number of rotatable bonds is 4. The van der Waals surface area contributed by atoms with Crippen LogP contribution in [0.15, 0.2) is 29.2 Å². The van der Waals surface area contributed by atoms with Crippen LogP contribution >= 0.6 is 11.8 Å². The van der Waals surface area contributed by atoms with Gasteiger partial charge in [0.05, 0.1) is 5.69 Å². The minimum absolute atomic E-state index is 0.0135. The molecule has 0 radical (unpaired) electrons. The van der Waals surface area contributed by atoms with Gasteiger partial charge in [-0.15, -0.1) is 11.8 Å². The molecule has 1 heterocycles. The predicted octanol–water partition coefficient (Wildman–Crippen LogP) is 2.43. The minimum Gasteiger partial charge on any atom is -0.342 e. The number of hydrogen-bond donors (Lipinski definition) is 1. The summed E-state index contributed by atoms with van der Waals surface area (Å²) in [6.45, 7) is 3.78. The van der Waals surface area contributed by atoms with Crippen LogP contribution in [0, 0.1) is 0 Å². The number of carbonyl (C=O) groups is 2. The Morgan fingerprint density at radius 2 is 2.00 bits per heavy atom. The van der Waals surface area contributed by atoms with E-state index in [1.165, 1.54) is 0 Å². The fraction of sp³-hybridized carbons (Fsp3) is 0.467. The lowest BCUT2D eigenvalue weighted by molar-refractivity contribution is -0.133. The monoisotopic (exact) mass is 292 g/mol. The molecule has 1 fully saturated rings. The summed E-state index contributed by atoms with van der Waals surface area (Å²) in [4.78, 5) is 27.4. The summed E-state index contributed by atoms with van der Waals surface area (Å²) in [6.07, 6.45) is 3.51. The zero-order valence-corrected chi connectivity index (χ0v) is 12.9. The van der Waals surface area contributed by atoms with E-state index >= 15 is 0 Å². The molecule has 4 nitrogen and oxygen atoms in total. The number of nitrogens with one attached hydrogen (secondary N) is 1. The molecular weight excluding hydrogens is 272 g/mol. The van der Waals surface area contributed by atoms with Crippen molar-refractivity contribution in [2.24, 2.45) is 0 Å². The molecule has 0 aromatic heterocycles. The number of amides is 2. The van der Waals surface area contributed by atoms with Gasteiger partial charge < -0.3 is 5.32 Å². The van der Waals surface area contributed by atoms with E-state index in [0.717, 1.165) is 17.0 Å². The highest BCUT2D eigenvalue weighted by Gasteiger charge is 2.39. The van der Waals surface area contributed by atoms with Gasteiger partial charge in [0.1, 0.15) is 12.1 Å². The first-order chi connectivity index (χ1) is 9.60. The average molecular weight is 292 g/mol. The van der Waals surface area contributed by atoms with E-state index in [-0.39, 0.29) is 11.8 Å². The highest BCUT2D eigenvalue weighted by molar-refractivity contribution is 7.98. The van der Waals surface area contributed by atoms with Gasteiger partial charge in [0, 0.05) is 4.90 Å². The van der Waals surface area contributed by atoms with E-state index in [0.29, 0.717) is 6.42 Å². The van der Waals surface area contributed by atoms with Gasteiger partial charge in [-0.1, -0.05) is 25.5 Å². The van der Waals surface area contributed by atoms with Crippen LogP contribution in [0.1, 0.15) is 26.7 Å². The molecule has 1 N–H and O–H groups in total. The van der Waals surface area contributed by atoms with Crippen molar-refractivity contribution in [1.82, 2.24) is 5.32 Å². The van der Waals surface area contributed by atoms with Gasteiger partial charge in [0.25, 0.3) is 0 Å². The Balaban J connectivity index is 2.40. The summed E-state index contributed by atoms with van der Waals surface area (Å²) in [5, 5.41) is 2.82. The summed E-state index contributed by atoms with van der Waals surface area (Å²) < 4.78 is 0. The minimum atomic E-state index is -0.469. The third-order valence-corrected chi connectivity index (χ3v) is 4.33. The Kier molecular flexibility index (Phi) is 4.70. The van der Waals surface area contributed by atoms with Crippen LogP contribution in [0.2, 0.25) is 0 Å². The van der Waals surface area contributed by atoms with Gasteiger partial charge in [-0.3, -0.25) is 14.5 Å². The second-order valence-electron chi connectivity index (χ2n) is 4.91. The highest BCUT2D eigenvalue weighted by Crippen LogP contribution is 2.31. The maximum absolute atomic E-state index is 12.6. The molecule has 2 atom stereocenters. The van der Waals surface area contributed by atoms with Crippen LogP contribution in [-0.2, 0) is 9.59 Å². The molecule has 5 heteroatoms. The Hall–Kier alpha value is -1.49. The van der Waals surface area contributed by atoms with Crippen molar-refractivity contribution in [1.29, 1.82) is 0 Å². The number of benzene rings is 1. The fourth-order valence-corrected chi connectivity index (χ4v) is 3.06. The molecule has 2 unspecified atom stereocenters. The van der Waals surface area contributed by atoms with Crippen LogP contribution in [0.3, 0.4) is 0 Å². The molecule has 2 rings (SSSR count). The Morgan fingerprint density at radius 3 is 2.65 bits per heavy atom. The van der Waals surface area contributed by atoms with E-state index in [1.807, 2.05) is 37.4 Å². The van der Waals surface area contributed by atoms with Gasteiger partial charge >= 0.3 is 0 Å². The molecule has 0 saturated carbocycles.